The lowest BCUT2D eigenvalue weighted by molar-refractivity contribution is 0.259. The summed E-state index contributed by atoms with van der Waals surface area (Å²) in [6, 6.07) is 0. The Morgan fingerprint density at radius 3 is 2.25 bits per heavy atom. The molecule has 86 valence electrons. The SMILES string of the molecule is Clc1cncc(Cl)c1N1CCC2(CC1)CO2. The molecule has 0 bridgehead atoms. The van der Waals surface area contributed by atoms with Crippen molar-refractivity contribution in [2.24, 2.45) is 0 Å². The van der Waals surface area contributed by atoms with Gasteiger partial charge in [0.2, 0.25) is 0 Å². The number of epoxide rings is 1. The molecule has 3 heterocycles. The van der Waals surface area contributed by atoms with Crippen LogP contribution in [0.15, 0.2) is 12.4 Å². The van der Waals surface area contributed by atoms with E-state index >= 15 is 0 Å². The van der Waals surface area contributed by atoms with Gasteiger partial charge >= 0.3 is 0 Å². The molecule has 1 aromatic rings. The molecule has 2 aliphatic heterocycles. The molecule has 0 amide bonds. The fraction of sp³-hybridized carbons (Fsp3) is 0.545. The minimum absolute atomic E-state index is 0.183. The zero-order chi connectivity index (χ0) is 11.2. The number of pyridine rings is 1. The zero-order valence-electron chi connectivity index (χ0n) is 8.75. The minimum atomic E-state index is 0.183. The smallest absolute Gasteiger partial charge is 0.0950 e. The van der Waals surface area contributed by atoms with Gasteiger partial charge < -0.3 is 9.64 Å². The first-order valence-electron chi connectivity index (χ1n) is 5.38. The third-order valence-corrected chi connectivity index (χ3v) is 3.92. The van der Waals surface area contributed by atoms with Crippen LogP contribution in [0.4, 0.5) is 5.69 Å². The van der Waals surface area contributed by atoms with Crippen LogP contribution in [0.5, 0.6) is 0 Å². The van der Waals surface area contributed by atoms with Gasteiger partial charge in [-0.2, -0.15) is 0 Å². The third-order valence-electron chi connectivity index (χ3n) is 3.37. The van der Waals surface area contributed by atoms with Crippen molar-refractivity contribution in [2.75, 3.05) is 24.6 Å². The third kappa shape index (κ3) is 1.77. The Hall–Kier alpha value is -0.510. The summed E-state index contributed by atoms with van der Waals surface area (Å²) in [5, 5.41) is 1.25. The van der Waals surface area contributed by atoms with Crippen LogP contribution >= 0.6 is 23.2 Å². The molecule has 3 rings (SSSR count). The molecule has 2 saturated heterocycles. The summed E-state index contributed by atoms with van der Waals surface area (Å²) in [7, 11) is 0. The van der Waals surface area contributed by atoms with Gasteiger partial charge in [0.15, 0.2) is 0 Å². The predicted octanol–water partition coefficient (Wildman–Crippen LogP) is 2.76. The van der Waals surface area contributed by atoms with E-state index in [1.54, 1.807) is 12.4 Å². The van der Waals surface area contributed by atoms with Gasteiger partial charge in [-0.1, -0.05) is 23.2 Å². The van der Waals surface area contributed by atoms with Gasteiger partial charge in [-0.25, -0.2) is 0 Å². The monoisotopic (exact) mass is 258 g/mol. The second kappa shape index (κ2) is 3.76. The van der Waals surface area contributed by atoms with Crippen LogP contribution < -0.4 is 4.90 Å². The van der Waals surface area contributed by atoms with E-state index in [1.807, 2.05) is 0 Å². The van der Waals surface area contributed by atoms with Crippen molar-refractivity contribution < 1.29 is 4.74 Å². The lowest BCUT2D eigenvalue weighted by Gasteiger charge is -2.33. The van der Waals surface area contributed by atoms with Crippen molar-refractivity contribution in [1.29, 1.82) is 0 Å². The maximum absolute atomic E-state index is 6.13. The summed E-state index contributed by atoms with van der Waals surface area (Å²) in [5.41, 5.74) is 1.09. The summed E-state index contributed by atoms with van der Waals surface area (Å²) in [6.07, 6.45) is 5.39. The highest BCUT2D eigenvalue weighted by Gasteiger charge is 2.46. The molecular formula is C11H12Cl2N2O. The molecule has 2 aliphatic rings. The summed E-state index contributed by atoms with van der Waals surface area (Å²) >= 11 is 12.3. The average molecular weight is 259 g/mol. The molecule has 0 radical (unpaired) electrons. The maximum atomic E-state index is 6.13. The Labute approximate surface area is 104 Å². The van der Waals surface area contributed by atoms with Crippen LogP contribution in [0, 0.1) is 0 Å². The molecule has 5 heteroatoms. The van der Waals surface area contributed by atoms with E-state index in [9.17, 15) is 0 Å². The number of halogens is 2. The molecule has 0 unspecified atom stereocenters. The van der Waals surface area contributed by atoms with Crippen molar-refractivity contribution in [3.05, 3.63) is 22.4 Å². The van der Waals surface area contributed by atoms with Gasteiger partial charge in [0.05, 0.1) is 27.9 Å². The molecule has 1 aromatic heterocycles. The fourth-order valence-electron chi connectivity index (χ4n) is 2.24. The Morgan fingerprint density at radius 2 is 1.75 bits per heavy atom. The molecule has 0 aliphatic carbocycles. The number of hydrogen-bond donors (Lipinski definition) is 0. The highest BCUT2D eigenvalue weighted by molar-refractivity contribution is 6.38. The average Bonchev–Trinajstić information content (AvgIpc) is 3.01. The van der Waals surface area contributed by atoms with Crippen molar-refractivity contribution in [3.63, 3.8) is 0 Å². The van der Waals surface area contributed by atoms with E-state index in [4.69, 9.17) is 27.9 Å². The number of anilines is 1. The van der Waals surface area contributed by atoms with E-state index in [-0.39, 0.29) is 5.60 Å². The molecule has 0 atom stereocenters. The Balaban J connectivity index is 1.82. The molecule has 0 saturated carbocycles. The van der Waals surface area contributed by atoms with Crippen molar-refractivity contribution in [2.45, 2.75) is 18.4 Å². The Morgan fingerprint density at radius 1 is 1.19 bits per heavy atom. The maximum Gasteiger partial charge on any atom is 0.0950 e. The van der Waals surface area contributed by atoms with E-state index in [0.29, 0.717) is 10.0 Å². The molecule has 0 aromatic carbocycles. The van der Waals surface area contributed by atoms with Crippen LogP contribution in [0.1, 0.15) is 12.8 Å². The highest BCUT2D eigenvalue weighted by Crippen LogP contribution is 2.41. The van der Waals surface area contributed by atoms with Crippen LogP contribution in [0.2, 0.25) is 10.0 Å². The number of ether oxygens (including phenoxy) is 1. The Bertz CT molecular complexity index is 390. The standard InChI is InChI=1S/C11H12Cl2N2O/c12-8-5-14-6-9(13)10(8)15-3-1-11(2-4-15)7-16-11/h5-6H,1-4,7H2. The first-order valence-corrected chi connectivity index (χ1v) is 6.14. The van der Waals surface area contributed by atoms with Gasteiger partial charge in [-0.15, -0.1) is 0 Å². The first kappa shape index (κ1) is 10.6. The summed E-state index contributed by atoms with van der Waals surface area (Å²) in [6.45, 7) is 2.81. The zero-order valence-corrected chi connectivity index (χ0v) is 10.3. The van der Waals surface area contributed by atoms with Crippen LogP contribution in [0.3, 0.4) is 0 Å². The van der Waals surface area contributed by atoms with Gasteiger partial charge in [0.1, 0.15) is 0 Å². The molecule has 0 N–H and O–H groups in total. The number of piperidine rings is 1. The summed E-state index contributed by atoms with van der Waals surface area (Å²) in [4.78, 5) is 6.19. The quantitative estimate of drug-likeness (QED) is 0.726. The number of nitrogens with zero attached hydrogens (tertiary/aromatic N) is 2. The van der Waals surface area contributed by atoms with E-state index in [1.165, 1.54) is 0 Å². The number of rotatable bonds is 1. The van der Waals surface area contributed by atoms with E-state index in [2.05, 4.69) is 9.88 Å². The fourth-order valence-corrected chi connectivity index (χ4v) is 2.84. The highest BCUT2D eigenvalue weighted by atomic mass is 35.5. The van der Waals surface area contributed by atoms with Gasteiger partial charge in [0.25, 0.3) is 0 Å². The number of aromatic nitrogens is 1. The second-order valence-corrected chi connectivity index (χ2v) is 5.22. The van der Waals surface area contributed by atoms with Gasteiger partial charge in [0, 0.05) is 25.5 Å². The summed E-state index contributed by atoms with van der Waals surface area (Å²) in [5.74, 6) is 0. The largest absolute Gasteiger partial charge is 0.369 e. The molecule has 2 fully saturated rings. The summed E-state index contributed by atoms with van der Waals surface area (Å²) < 4.78 is 5.48. The molecule has 3 nitrogen and oxygen atoms in total. The van der Waals surface area contributed by atoms with E-state index in [0.717, 1.165) is 38.2 Å². The van der Waals surface area contributed by atoms with Gasteiger partial charge in [-0.3, -0.25) is 4.98 Å². The Kier molecular flexibility index (Phi) is 2.50. The number of hydrogen-bond acceptors (Lipinski definition) is 3. The molecule has 16 heavy (non-hydrogen) atoms. The lowest BCUT2D eigenvalue weighted by Crippen LogP contribution is -2.38. The topological polar surface area (TPSA) is 28.7 Å². The van der Waals surface area contributed by atoms with Gasteiger partial charge in [-0.05, 0) is 12.8 Å². The van der Waals surface area contributed by atoms with E-state index < -0.39 is 0 Å². The van der Waals surface area contributed by atoms with Crippen molar-refractivity contribution in [1.82, 2.24) is 4.98 Å². The first-order chi connectivity index (χ1) is 7.70. The van der Waals surface area contributed by atoms with Crippen LogP contribution in [-0.2, 0) is 4.74 Å². The normalized spacial score (nSPS) is 22.5. The lowest BCUT2D eigenvalue weighted by atomic mass is 9.97. The molecule has 1 spiro atoms. The minimum Gasteiger partial charge on any atom is -0.369 e. The van der Waals surface area contributed by atoms with Crippen LogP contribution in [0.25, 0.3) is 0 Å². The predicted molar refractivity (Wildman–Crippen MR) is 64.4 cm³/mol. The van der Waals surface area contributed by atoms with Crippen molar-refractivity contribution in [3.8, 4) is 0 Å². The van der Waals surface area contributed by atoms with Crippen molar-refractivity contribution >= 4 is 28.9 Å². The van der Waals surface area contributed by atoms with Crippen LogP contribution in [-0.4, -0.2) is 30.3 Å². The molecular weight excluding hydrogens is 247 g/mol. The second-order valence-electron chi connectivity index (χ2n) is 4.41.